The molecule has 2 nitrogen and oxygen atoms in total. The van der Waals surface area contributed by atoms with Crippen LogP contribution < -0.4 is 0 Å². The number of ether oxygens (including phenoxy) is 2. The summed E-state index contributed by atoms with van der Waals surface area (Å²) in [5.41, 5.74) is -0.0120. The van der Waals surface area contributed by atoms with E-state index in [9.17, 15) is 8.78 Å². The van der Waals surface area contributed by atoms with Crippen molar-refractivity contribution in [1.29, 1.82) is 0 Å². The minimum Gasteiger partial charge on any atom is -0.376 e. The Morgan fingerprint density at radius 3 is 2.62 bits per heavy atom. The Bertz CT molecular complexity index is 348. The largest absolute Gasteiger partial charge is 0.376 e. The van der Waals surface area contributed by atoms with Gasteiger partial charge in [0.05, 0.1) is 25.4 Å². The normalized spacial score (nSPS) is 24.9. The SMILES string of the molecule is CC1CC(OCc2c(F)cccc2F)CO1. The summed E-state index contributed by atoms with van der Waals surface area (Å²) >= 11 is 0. The first kappa shape index (κ1) is 11.5. The van der Waals surface area contributed by atoms with Crippen molar-refractivity contribution in [2.45, 2.75) is 32.2 Å². The summed E-state index contributed by atoms with van der Waals surface area (Å²) in [4.78, 5) is 0. The molecule has 0 N–H and O–H groups in total. The summed E-state index contributed by atoms with van der Waals surface area (Å²) in [5, 5.41) is 0. The van der Waals surface area contributed by atoms with Gasteiger partial charge in [-0.15, -0.1) is 0 Å². The molecule has 0 aliphatic carbocycles. The van der Waals surface area contributed by atoms with E-state index in [0.29, 0.717) is 6.61 Å². The lowest BCUT2D eigenvalue weighted by Gasteiger charge is -2.10. The van der Waals surface area contributed by atoms with Crippen LogP contribution in [0.3, 0.4) is 0 Å². The molecule has 2 unspecified atom stereocenters. The second-order valence-electron chi connectivity index (χ2n) is 4.01. The molecule has 0 bridgehead atoms. The minimum absolute atomic E-state index is 0.0120. The topological polar surface area (TPSA) is 18.5 Å². The van der Waals surface area contributed by atoms with Gasteiger partial charge in [0.2, 0.25) is 0 Å². The molecular weight excluding hydrogens is 214 g/mol. The molecule has 0 amide bonds. The lowest BCUT2D eigenvalue weighted by atomic mass is 10.2. The van der Waals surface area contributed by atoms with Crippen LogP contribution in [-0.4, -0.2) is 18.8 Å². The standard InChI is InChI=1S/C12H14F2O2/c1-8-5-9(6-15-8)16-7-10-11(13)3-2-4-12(10)14/h2-4,8-9H,5-7H2,1H3. The van der Waals surface area contributed by atoms with Crippen molar-refractivity contribution in [2.24, 2.45) is 0 Å². The highest BCUT2D eigenvalue weighted by molar-refractivity contribution is 5.18. The first-order valence-electron chi connectivity index (χ1n) is 5.33. The molecular formula is C12H14F2O2. The molecule has 1 aromatic carbocycles. The molecule has 2 atom stereocenters. The number of halogens is 2. The maximum atomic E-state index is 13.2. The van der Waals surface area contributed by atoms with E-state index in [1.807, 2.05) is 6.92 Å². The van der Waals surface area contributed by atoms with Crippen molar-refractivity contribution in [1.82, 2.24) is 0 Å². The molecule has 1 aromatic rings. The van der Waals surface area contributed by atoms with Crippen LogP contribution in [0.4, 0.5) is 8.78 Å². The Morgan fingerprint density at radius 1 is 1.38 bits per heavy atom. The summed E-state index contributed by atoms with van der Waals surface area (Å²) in [6.07, 6.45) is 0.875. The molecule has 1 saturated heterocycles. The van der Waals surface area contributed by atoms with Gasteiger partial charge in [-0.05, 0) is 19.1 Å². The van der Waals surface area contributed by atoms with E-state index in [0.717, 1.165) is 6.42 Å². The van der Waals surface area contributed by atoms with E-state index in [2.05, 4.69) is 0 Å². The van der Waals surface area contributed by atoms with E-state index >= 15 is 0 Å². The maximum absolute atomic E-state index is 13.2. The summed E-state index contributed by atoms with van der Waals surface area (Å²) in [6, 6.07) is 3.81. The second kappa shape index (κ2) is 4.89. The van der Waals surface area contributed by atoms with Crippen LogP contribution in [0.25, 0.3) is 0 Å². The Morgan fingerprint density at radius 2 is 2.06 bits per heavy atom. The molecule has 0 spiro atoms. The summed E-state index contributed by atoms with van der Waals surface area (Å²) in [6.45, 7) is 2.41. The van der Waals surface area contributed by atoms with Gasteiger partial charge in [-0.2, -0.15) is 0 Å². The Hall–Kier alpha value is -1.00. The van der Waals surface area contributed by atoms with E-state index in [1.165, 1.54) is 18.2 Å². The van der Waals surface area contributed by atoms with Gasteiger partial charge in [0.15, 0.2) is 0 Å². The highest BCUT2D eigenvalue weighted by Gasteiger charge is 2.23. The number of benzene rings is 1. The van der Waals surface area contributed by atoms with Crippen LogP contribution in [0.2, 0.25) is 0 Å². The number of rotatable bonds is 3. The Kier molecular flexibility index (Phi) is 3.51. The average molecular weight is 228 g/mol. The molecule has 0 aromatic heterocycles. The average Bonchev–Trinajstić information content (AvgIpc) is 2.63. The fraction of sp³-hybridized carbons (Fsp3) is 0.500. The molecule has 16 heavy (non-hydrogen) atoms. The monoisotopic (exact) mass is 228 g/mol. The highest BCUT2D eigenvalue weighted by Crippen LogP contribution is 2.19. The summed E-state index contributed by atoms with van der Waals surface area (Å²) in [5.74, 6) is -1.13. The third-order valence-electron chi connectivity index (χ3n) is 2.69. The van der Waals surface area contributed by atoms with Crippen molar-refractivity contribution in [3.8, 4) is 0 Å². The predicted octanol–water partition coefficient (Wildman–Crippen LogP) is 2.66. The first-order chi connectivity index (χ1) is 7.66. The molecule has 0 saturated carbocycles. The number of hydrogen-bond donors (Lipinski definition) is 0. The third-order valence-corrected chi connectivity index (χ3v) is 2.69. The zero-order valence-corrected chi connectivity index (χ0v) is 9.08. The molecule has 4 heteroatoms. The van der Waals surface area contributed by atoms with Crippen molar-refractivity contribution in [3.63, 3.8) is 0 Å². The van der Waals surface area contributed by atoms with Gasteiger partial charge in [0.25, 0.3) is 0 Å². The van der Waals surface area contributed by atoms with Crippen LogP contribution in [0.15, 0.2) is 18.2 Å². The van der Waals surface area contributed by atoms with Crippen molar-refractivity contribution in [3.05, 3.63) is 35.4 Å². The van der Waals surface area contributed by atoms with Crippen molar-refractivity contribution in [2.75, 3.05) is 6.61 Å². The maximum Gasteiger partial charge on any atom is 0.131 e. The zero-order chi connectivity index (χ0) is 11.5. The van der Waals surface area contributed by atoms with E-state index < -0.39 is 11.6 Å². The van der Waals surface area contributed by atoms with Crippen LogP contribution in [0.5, 0.6) is 0 Å². The van der Waals surface area contributed by atoms with Gasteiger partial charge in [-0.25, -0.2) is 8.78 Å². The van der Waals surface area contributed by atoms with Crippen LogP contribution in [-0.2, 0) is 16.1 Å². The van der Waals surface area contributed by atoms with E-state index in [-0.39, 0.29) is 24.4 Å². The second-order valence-corrected chi connectivity index (χ2v) is 4.01. The van der Waals surface area contributed by atoms with Gasteiger partial charge < -0.3 is 9.47 Å². The summed E-state index contributed by atoms with van der Waals surface area (Å²) < 4.78 is 37.2. The first-order valence-corrected chi connectivity index (χ1v) is 5.33. The molecule has 1 aliphatic heterocycles. The fourth-order valence-corrected chi connectivity index (χ4v) is 1.77. The summed E-state index contributed by atoms with van der Waals surface area (Å²) in [7, 11) is 0. The van der Waals surface area contributed by atoms with Crippen LogP contribution >= 0.6 is 0 Å². The molecule has 88 valence electrons. The smallest absolute Gasteiger partial charge is 0.131 e. The lowest BCUT2D eigenvalue weighted by Crippen LogP contribution is -2.13. The predicted molar refractivity (Wildman–Crippen MR) is 55.0 cm³/mol. The molecule has 1 aliphatic rings. The molecule has 2 rings (SSSR count). The molecule has 0 radical (unpaired) electrons. The number of hydrogen-bond acceptors (Lipinski definition) is 2. The Labute approximate surface area is 93.2 Å². The third kappa shape index (κ3) is 2.57. The van der Waals surface area contributed by atoms with Gasteiger partial charge >= 0.3 is 0 Å². The van der Waals surface area contributed by atoms with E-state index in [4.69, 9.17) is 9.47 Å². The quantitative estimate of drug-likeness (QED) is 0.791. The van der Waals surface area contributed by atoms with Gasteiger partial charge in [0.1, 0.15) is 11.6 Å². The van der Waals surface area contributed by atoms with Gasteiger partial charge in [-0.1, -0.05) is 6.07 Å². The van der Waals surface area contributed by atoms with Crippen molar-refractivity contribution < 1.29 is 18.3 Å². The van der Waals surface area contributed by atoms with E-state index in [1.54, 1.807) is 0 Å². The highest BCUT2D eigenvalue weighted by atomic mass is 19.1. The van der Waals surface area contributed by atoms with Crippen LogP contribution in [0.1, 0.15) is 18.9 Å². The van der Waals surface area contributed by atoms with Gasteiger partial charge in [-0.3, -0.25) is 0 Å². The van der Waals surface area contributed by atoms with Crippen LogP contribution in [0, 0.1) is 11.6 Å². The minimum atomic E-state index is -0.563. The molecule has 1 heterocycles. The van der Waals surface area contributed by atoms with Crippen molar-refractivity contribution >= 4 is 0 Å². The fourth-order valence-electron chi connectivity index (χ4n) is 1.77. The zero-order valence-electron chi connectivity index (χ0n) is 9.08. The van der Waals surface area contributed by atoms with Gasteiger partial charge in [0, 0.05) is 12.0 Å². The Balaban J connectivity index is 1.94. The lowest BCUT2D eigenvalue weighted by molar-refractivity contribution is 0.0261. The molecule has 1 fully saturated rings.